The lowest BCUT2D eigenvalue weighted by Crippen LogP contribution is -2.09. The Morgan fingerprint density at radius 1 is 1.19 bits per heavy atom. The van der Waals surface area contributed by atoms with Crippen LogP contribution >= 0.6 is 7.14 Å². The molecule has 31 heavy (non-hydrogen) atoms. The molecule has 7 nitrogen and oxygen atoms in total. The normalized spacial score (nSPS) is 11.8. The lowest BCUT2D eigenvalue weighted by Gasteiger charge is -2.13. The van der Waals surface area contributed by atoms with Gasteiger partial charge in [0.25, 0.3) is 0 Å². The van der Waals surface area contributed by atoms with Gasteiger partial charge in [-0.05, 0) is 37.6 Å². The van der Waals surface area contributed by atoms with Crippen LogP contribution in [0, 0.1) is 0 Å². The largest absolute Gasteiger partial charge is 0.494 e. The van der Waals surface area contributed by atoms with Crippen molar-refractivity contribution in [2.75, 3.05) is 42.5 Å². The molecule has 0 fully saturated rings. The number of anilines is 6. The fourth-order valence-electron chi connectivity index (χ4n) is 3.27. The summed E-state index contributed by atoms with van der Waals surface area (Å²) in [6.45, 7) is 7.93. The molecule has 0 saturated heterocycles. The van der Waals surface area contributed by atoms with Crippen molar-refractivity contribution in [2.24, 2.45) is 0 Å². The Bertz CT molecular complexity index is 1160. The molecule has 0 spiro atoms. The van der Waals surface area contributed by atoms with E-state index in [1.54, 1.807) is 32.7 Å². The van der Waals surface area contributed by atoms with Gasteiger partial charge in [-0.15, -0.1) is 6.58 Å². The Balaban J connectivity index is 0.00000272. The van der Waals surface area contributed by atoms with Crippen LogP contribution < -0.4 is 25.6 Å². The van der Waals surface area contributed by atoms with Crippen LogP contribution in [0.3, 0.4) is 0 Å². The van der Waals surface area contributed by atoms with Crippen LogP contribution in [-0.4, -0.2) is 37.0 Å². The van der Waals surface area contributed by atoms with E-state index in [-0.39, 0.29) is 7.43 Å². The third-order valence-electron chi connectivity index (χ3n) is 4.75. The SMILES string of the molecule is C.C=CCNc1ccc(Nc2ncc3c(n2)N3c2ccccc2P(C)(C)=O)c(OC)c1. The first-order valence-electron chi connectivity index (χ1n) is 9.54. The number of benzene rings is 2. The molecule has 0 aliphatic carbocycles. The quantitative estimate of drug-likeness (QED) is 0.214. The number of aromatic nitrogens is 2. The number of hydrogen-bond acceptors (Lipinski definition) is 7. The molecule has 1 aliphatic heterocycles. The Morgan fingerprint density at radius 3 is 2.68 bits per heavy atom. The molecule has 4 rings (SSSR count). The maximum absolute atomic E-state index is 12.7. The number of hydrogen-bond donors (Lipinski definition) is 2. The number of methoxy groups -OCH3 is 1. The van der Waals surface area contributed by atoms with Gasteiger partial charge in [0.05, 0.1) is 24.7 Å². The molecule has 2 heterocycles. The van der Waals surface area contributed by atoms with Gasteiger partial charge in [0, 0.05) is 23.6 Å². The van der Waals surface area contributed by atoms with Gasteiger partial charge in [0.15, 0.2) is 5.82 Å². The minimum Gasteiger partial charge on any atom is -0.494 e. The first-order chi connectivity index (χ1) is 14.4. The number of nitrogens with one attached hydrogen (secondary N) is 2. The molecule has 0 radical (unpaired) electrons. The summed E-state index contributed by atoms with van der Waals surface area (Å²) in [5, 5.41) is 7.29. The van der Waals surface area contributed by atoms with Crippen molar-refractivity contribution >= 4 is 47.0 Å². The monoisotopic (exact) mass is 437 g/mol. The van der Waals surface area contributed by atoms with Crippen LogP contribution in [0.4, 0.5) is 34.5 Å². The maximum Gasteiger partial charge on any atom is 0.229 e. The molecule has 8 heteroatoms. The van der Waals surface area contributed by atoms with Crippen molar-refractivity contribution in [3.8, 4) is 5.75 Å². The van der Waals surface area contributed by atoms with Gasteiger partial charge in [-0.25, -0.2) is 4.98 Å². The molecule has 0 amide bonds. The van der Waals surface area contributed by atoms with Crippen LogP contribution in [0.5, 0.6) is 5.75 Å². The number of ether oxygens (including phenoxy) is 1. The highest BCUT2D eigenvalue weighted by molar-refractivity contribution is 7.70. The Labute approximate surface area is 183 Å². The summed E-state index contributed by atoms with van der Waals surface area (Å²) in [7, 11) is -0.800. The second-order valence-corrected chi connectivity index (χ2v) is 10.5. The molecule has 0 unspecified atom stereocenters. The van der Waals surface area contributed by atoms with E-state index in [1.165, 1.54) is 0 Å². The van der Waals surface area contributed by atoms with Gasteiger partial charge in [-0.3, -0.25) is 4.90 Å². The van der Waals surface area contributed by atoms with Crippen molar-refractivity contribution in [2.45, 2.75) is 7.43 Å². The number of nitrogens with zero attached hydrogens (tertiary/aromatic N) is 3. The minimum atomic E-state index is -2.42. The Hall–Kier alpha value is -3.31. The molecule has 1 aromatic heterocycles. The average molecular weight is 437 g/mol. The molecular weight excluding hydrogens is 409 g/mol. The zero-order valence-corrected chi connectivity index (χ0v) is 18.1. The fourth-order valence-corrected chi connectivity index (χ4v) is 4.44. The van der Waals surface area contributed by atoms with Gasteiger partial charge < -0.3 is 19.9 Å². The van der Waals surface area contributed by atoms with E-state index >= 15 is 0 Å². The standard InChI is InChI=1S/C22H24N5O2P.CH4/c1-5-12-23-15-10-11-16(19(13-15)29-2)25-22-24-14-18-21(26-22)27(18)17-8-6-7-9-20(17)30(3,4)28;/h5-11,13-14,23H,1,12H2,2-4H3,(H,24,25,26);1H4. The van der Waals surface area contributed by atoms with Crippen LogP contribution in [-0.2, 0) is 4.57 Å². The van der Waals surface area contributed by atoms with Crippen molar-refractivity contribution < 1.29 is 9.30 Å². The van der Waals surface area contributed by atoms with Crippen molar-refractivity contribution in [3.05, 3.63) is 61.3 Å². The summed E-state index contributed by atoms with van der Waals surface area (Å²) < 4.78 is 18.2. The highest BCUT2D eigenvalue weighted by Crippen LogP contribution is 2.53. The minimum absolute atomic E-state index is 0. The van der Waals surface area contributed by atoms with Crippen LogP contribution in [0.2, 0.25) is 0 Å². The van der Waals surface area contributed by atoms with Gasteiger partial charge in [-0.2, -0.15) is 4.98 Å². The summed E-state index contributed by atoms with van der Waals surface area (Å²) in [6.07, 6.45) is 3.56. The average Bonchev–Trinajstić information content (AvgIpc) is 3.45. The molecule has 3 aromatic rings. The van der Waals surface area contributed by atoms with Crippen LogP contribution in [0.1, 0.15) is 7.43 Å². The molecular formula is C23H28N5O2P. The Morgan fingerprint density at radius 2 is 1.97 bits per heavy atom. The molecule has 0 bridgehead atoms. The molecule has 2 N–H and O–H groups in total. The third-order valence-corrected chi connectivity index (χ3v) is 6.29. The van der Waals surface area contributed by atoms with Gasteiger partial charge in [0.2, 0.25) is 5.95 Å². The van der Waals surface area contributed by atoms with Gasteiger partial charge >= 0.3 is 0 Å². The topological polar surface area (TPSA) is 79.2 Å². The predicted molar refractivity (Wildman–Crippen MR) is 131 cm³/mol. The summed E-state index contributed by atoms with van der Waals surface area (Å²) in [6, 6.07) is 13.5. The van der Waals surface area contributed by atoms with Crippen molar-refractivity contribution in [1.29, 1.82) is 0 Å². The van der Waals surface area contributed by atoms with E-state index in [1.807, 2.05) is 47.4 Å². The van der Waals surface area contributed by atoms with Crippen molar-refractivity contribution in [3.63, 3.8) is 0 Å². The number of rotatable bonds is 8. The van der Waals surface area contributed by atoms with E-state index in [0.29, 0.717) is 18.2 Å². The van der Waals surface area contributed by atoms with E-state index in [0.717, 1.165) is 33.9 Å². The third kappa shape index (κ3) is 4.57. The zero-order valence-electron chi connectivity index (χ0n) is 17.2. The predicted octanol–water partition coefficient (Wildman–Crippen LogP) is 5.49. The van der Waals surface area contributed by atoms with Gasteiger partial charge in [0.1, 0.15) is 18.6 Å². The smallest absolute Gasteiger partial charge is 0.229 e. The van der Waals surface area contributed by atoms with E-state index in [2.05, 4.69) is 27.2 Å². The molecule has 0 atom stereocenters. The van der Waals surface area contributed by atoms with Crippen molar-refractivity contribution in [1.82, 2.24) is 9.97 Å². The highest BCUT2D eigenvalue weighted by atomic mass is 31.2. The first-order valence-corrected chi connectivity index (χ1v) is 12.1. The maximum atomic E-state index is 12.7. The molecule has 162 valence electrons. The molecule has 2 aromatic carbocycles. The summed E-state index contributed by atoms with van der Waals surface area (Å²) in [5.41, 5.74) is 3.51. The molecule has 0 saturated carbocycles. The summed E-state index contributed by atoms with van der Waals surface area (Å²) in [4.78, 5) is 11.0. The lowest BCUT2D eigenvalue weighted by atomic mass is 10.2. The van der Waals surface area contributed by atoms with E-state index < -0.39 is 7.14 Å². The Kier molecular flexibility index (Phi) is 6.37. The van der Waals surface area contributed by atoms with Crippen LogP contribution in [0.15, 0.2) is 61.3 Å². The lowest BCUT2D eigenvalue weighted by molar-refractivity contribution is 0.417. The van der Waals surface area contributed by atoms with E-state index in [9.17, 15) is 4.57 Å². The fraction of sp³-hybridized carbons (Fsp3) is 0.217. The summed E-state index contributed by atoms with van der Waals surface area (Å²) in [5.74, 6) is 1.95. The zero-order chi connectivity index (χ0) is 21.3. The molecule has 1 aliphatic rings. The highest BCUT2D eigenvalue weighted by Gasteiger charge is 2.36. The second kappa shape index (κ2) is 8.82. The van der Waals surface area contributed by atoms with E-state index in [4.69, 9.17) is 4.74 Å². The number of para-hydroxylation sites is 1. The first kappa shape index (κ1) is 22.4. The summed E-state index contributed by atoms with van der Waals surface area (Å²) >= 11 is 0. The van der Waals surface area contributed by atoms with Crippen LogP contribution in [0.25, 0.3) is 0 Å². The second-order valence-electron chi connectivity index (χ2n) is 7.29. The van der Waals surface area contributed by atoms with Gasteiger partial charge in [-0.1, -0.05) is 25.6 Å². The number of fused-ring (bicyclic) bond motifs is 1.